The molecule has 0 heterocycles. The fourth-order valence-electron chi connectivity index (χ4n) is 3.14. The summed E-state index contributed by atoms with van der Waals surface area (Å²) in [5.41, 5.74) is 3.25. The van der Waals surface area contributed by atoms with Crippen molar-refractivity contribution in [1.82, 2.24) is 5.43 Å². The van der Waals surface area contributed by atoms with Gasteiger partial charge in [0.15, 0.2) is 11.5 Å². The lowest BCUT2D eigenvalue weighted by molar-refractivity contribution is -0.385. The van der Waals surface area contributed by atoms with Crippen LogP contribution in [0.3, 0.4) is 0 Å². The van der Waals surface area contributed by atoms with Crippen LogP contribution in [0.15, 0.2) is 71.8 Å². The maximum Gasteiger partial charge on any atom is 0.282 e. The van der Waals surface area contributed by atoms with Gasteiger partial charge in [0, 0.05) is 0 Å². The molecule has 0 spiro atoms. The van der Waals surface area contributed by atoms with Crippen molar-refractivity contribution in [2.45, 2.75) is 13.0 Å². The van der Waals surface area contributed by atoms with Gasteiger partial charge in [0.1, 0.15) is 18.8 Å². The zero-order chi connectivity index (χ0) is 25.9. The minimum absolute atomic E-state index is 0.0719. The quantitative estimate of drug-likeness (QED) is 0.180. The molecule has 0 aliphatic heterocycles. The van der Waals surface area contributed by atoms with Gasteiger partial charge >= 0.3 is 0 Å². The molecule has 3 rings (SSSR count). The number of nitro groups is 1. The van der Waals surface area contributed by atoms with Gasteiger partial charge in [-0.05, 0) is 23.8 Å². The topological polar surface area (TPSA) is 141 Å². The molecule has 0 aromatic heterocycles. The van der Waals surface area contributed by atoms with Crippen LogP contribution in [-0.4, -0.2) is 37.2 Å². The number of carbonyl (C=O) groups is 2. The van der Waals surface area contributed by atoms with Crippen molar-refractivity contribution in [2.75, 3.05) is 19.5 Å². The zero-order valence-electron chi connectivity index (χ0n) is 19.6. The Hall–Kier alpha value is -4.93. The summed E-state index contributed by atoms with van der Waals surface area (Å²) >= 11 is 0. The summed E-state index contributed by atoms with van der Waals surface area (Å²) in [6.07, 6.45) is 0.574. The Morgan fingerprint density at radius 2 is 1.64 bits per heavy atom. The van der Waals surface area contributed by atoms with Crippen molar-refractivity contribution in [1.29, 1.82) is 0 Å². The first-order valence-corrected chi connectivity index (χ1v) is 10.7. The highest BCUT2D eigenvalue weighted by Gasteiger charge is 2.19. The molecule has 0 atom stereocenters. The van der Waals surface area contributed by atoms with E-state index in [1.165, 1.54) is 26.4 Å². The summed E-state index contributed by atoms with van der Waals surface area (Å²) in [6, 6.07) is 18.7. The number of ether oxygens (including phenoxy) is 3. The summed E-state index contributed by atoms with van der Waals surface area (Å²) in [5, 5.41) is 17.9. The number of nitrogens with zero attached hydrogens (tertiary/aromatic N) is 2. The number of amides is 2. The van der Waals surface area contributed by atoms with E-state index in [9.17, 15) is 19.7 Å². The number of hydrazone groups is 1. The van der Waals surface area contributed by atoms with Crippen LogP contribution in [0, 0.1) is 10.1 Å². The number of nitro benzene ring substituents is 1. The molecule has 186 valence electrons. The molecule has 0 saturated carbocycles. The molecule has 0 saturated heterocycles. The smallest absolute Gasteiger partial charge is 0.282 e. The van der Waals surface area contributed by atoms with E-state index in [-0.39, 0.29) is 29.4 Å². The maximum atomic E-state index is 12.2. The largest absolute Gasteiger partial charge is 0.495 e. The average Bonchev–Trinajstić information content (AvgIpc) is 2.88. The first kappa shape index (κ1) is 25.7. The van der Waals surface area contributed by atoms with E-state index >= 15 is 0 Å². The molecule has 3 aromatic carbocycles. The predicted molar refractivity (Wildman–Crippen MR) is 132 cm³/mol. The Bertz CT molecular complexity index is 1260. The van der Waals surface area contributed by atoms with Crippen LogP contribution < -0.4 is 25.0 Å². The van der Waals surface area contributed by atoms with E-state index in [0.717, 1.165) is 11.8 Å². The highest BCUT2D eigenvalue weighted by molar-refractivity contribution is 6.04. The molecule has 0 radical (unpaired) electrons. The van der Waals surface area contributed by atoms with Crippen molar-refractivity contribution in [3.8, 4) is 17.2 Å². The van der Waals surface area contributed by atoms with Gasteiger partial charge in [-0.1, -0.05) is 42.5 Å². The molecular formula is C25H24N4O7. The van der Waals surface area contributed by atoms with Gasteiger partial charge in [-0.2, -0.15) is 5.10 Å². The molecule has 0 aliphatic rings. The first-order valence-electron chi connectivity index (χ1n) is 10.7. The number of nitrogens with one attached hydrogen (secondary N) is 2. The SMILES string of the molecule is COc1ccccc1NC(=O)CC(=O)NN=Cc1cc(OC)c(OCc2ccccc2)cc1[N+](=O)[O-]. The van der Waals surface area contributed by atoms with Gasteiger partial charge < -0.3 is 19.5 Å². The second kappa shape index (κ2) is 12.5. The van der Waals surface area contributed by atoms with Crippen LogP contribution in [0.2, 0.25) is 0 Å². The van der Waals surface area contributed by atoms with Crippen LogP contribution in [0.4, 0.5) is 11.4 Å². The van der Waals surface area contributed by atoms with E-state index < -0.39 is 23.2 Å². The third-order valence-electron chi connectivity index (χ3n) is 4.84. The first-order chi connectivity index (χ1) is 17.4. The Morgan fingerprint density at radius 1 is 0.944 bits per heavy atom. The van der Waals surface area contributed by atoms with Crippen LogP contribution in [0.1, 0.15) is 17.5 Å². The van der Waals surface area contributed by atoms with Crippen LogP contribution in [-0.2, 0) is 16.2 Å². The second-order valence-electron chi connectivity index (χ2n) is 7.31. The van der Waals surface area contributed by atoms with Crippen LogP contribution in [0.25, 0.3) is 0 Å². The summed E-state index contributed by atoms with van der Waals surface area (Å²) in [5.74, 6) is -0.416. The van der Waals surface area contributed by atoms with Crippen molar-refractivity contribution < 1.29 is 28.7 Å². The van der Waals surface area contributed by atoms with E-state index in [0.29, 0.717) is 11.4 Å². The molecule has 0 unspecified atom stereocenters. The lowest BCUT2D eigenvalue weighted by Crippen LogP contribution is -2.24. The summed E-state index contributed by atoms with van der Waals surface area (Å²) < 4.78 is 16.2. The van der Waals surface area contributed by atoms with Crippen molar-refractivity contribution in [3.63, 3.8) is 0 Å². The molecule has 0 bridgehead atoms. The molecular weight excluding hydrogens is 468 g/mol. The fourth-order valence-corrected chi connectivity index (χ4v) is 3.14. The van der Waals surface area contributed by atoms with Crippen molar-refractivity contribution in [3.05, 3.63) is 88.0 Å². The molecule has 11 nitrogen and oxygen atoms in total. The minimum atomic E-state index is -0.712. The lowest BCUT2D eigenvalue weighted by atomic mass is 10.1. The highest BCUT2D eigenvalue weighted by atomic mass is 16.6. The third kappa shape index (κ3) is 7.03. The number of para-hydroxylation sites is 2. The Kier molecular flexibility index (Phi) is 8.93. The zero-order valence-corrected chi connectivity index (χ0v) is 19.6. The Morgan fingerprint density at radius 3 is 2.33 bits per heavy atom. The van der Waals surface area contributed by atoms with E-state index in [4.69, 9.17) is 14.2 Å². The van der Waals surface area contributed by atoms with Gasteiger partial charge in [-0.15, -0.1) is 0 Å². The number of methoxy groups -OCH3 is 2. The maximum absolute atomic E-state index is 12.2. The van der Waals surface area contributed by atoms with Gasteiger partial charge in [-0.25, -0.2) is 5.43 Å². The number of hydrogen-bond acceptors (Lipinski definition) is 8. The average molecular weight is 492 g/mol. The van der Waals surface area contributed by atoms with Gasteiger partial charge in [-0.3, -0.25) is 19.7 Å². The van der Waals surface area contributed by atoms with E-state index in [1.807, 2.05) is 30.3 Å². The molecule has 3 aromatic rings. The standard InChI is InChI=1S/C25H24N4O7/c1-34-21-11-7-6-10-19(21)27-24(30)14-25(31)28-26-15-18-12-22(35-2)23(13-20(18)29(32)33)36-16-17-8-4-3-5-9-17/h3-13,15H,14,16H2,1-2H3,(H,27,30)(H,28,31). The number of carbonyl (C=O) groups excluding carboxylic acids is 2. The molecule has 2 N–H and O–H groups in total. The minimum Gasteiger partial charge on any atom is -0.495 e. The number of rotatable bonds is 11. The van der Waals surface area contributed by atoms with Crippen molar-refractivity contribution >= 4 is 29.4 Å². The number of benzene rings is 3. The Balaban J connectivity index is 1.65. The van der Waals surface area contributed by atoms with Gasteiger partial charge in [0.25, 0.3) is 5.69 Å². The Labute approximate surface area is 206 Å². The van der Waals surface area contributed by atoms with E-state index in [2.05, 4.69) is 15.8 Å². The molecule has 0 fully saturated rings. The number of hydrogen-bond donors (Lipinski definition) is 2. The molecule has 2 amide bonds. The van der Waals surface area contributed by atoms with Gasteiger partial charge in [0.05, 0.1) is 42.7 Å². The monoisotopic (exact) mass is 492 g/mol. The van der Waals surface area contributed by atoms with Crippen molar-refractivity contribution in [2.24, 2.45) is 5.10 Å². The number of anilines is 1. The normalized spacial score (nSPS) is 10.5. The predicted octanol–water partition coefficient (Wildman–Crippen LogP) is 3.67. The molecule has 11 heteroatoms. The lowest BCUT2D eigenvalue weighted by Gasteiger charge is -2.12. The van der Waals surface area contributed by atoms with Crippen LogP contribution >= 0.6 is 0 Å². The van der Waals surface area contributed by atoms with Crippen LogP contribution in [0.5, 0.6) is 17.2 Å². The highest BCUT2D eigenvalue weighted by Crippen LogP contribution is 2.34. The summed E-state index contributed by atoms with van der Waals surface area (Å²) in [7, 11) is 2.86. The molecule has 0 aliphatic carbocycles. The van der Waals surface area contributed by atoms with Gasteiger partial charge in [0.2, 0.25) is 11.8 Å². The van der Waals surface area contributed by atoms with E-state index in [1.54, 1.807) is 24.3 Å². The molecule has 36 heavy (non-hydrogen) atoms. The second-order valence-corrected chi connectivity index (χ2v) is 7.31. The third-order valence-corrected chi connectivity index (χ3v) is 4.84. The fraction of sp³-hybridized carbons (Fsp3) is 0.160. The summed E-state index contributed by atoms with van der Waals surface area (Å²) in [4.78, 5) is 35.3. The summed E-state index contributed by atoms with van der Waals surface area (Å²) in [6.45, 7) is 0.189.